The van der Waals surface area contributed by atoms with Gasteiger partial charge >= 0.3 is 6.09 Å². The van der Waals surface area contributed by atoms with Crippen LogP contribution in [0.15, 0.2) is 127 Å². The number of halogens is 1. The number of nitrogens with one attached hydrogen (secondary N) is 2. The third-order valence-corrected chi connectivity index (χ3v) is 9.76. The van der Waals surface area contributed by atoms with Gasteiger partial charge in [-0.05, 0) is 82.6 Å². The Kier molecular flexibility index (Phi) is 11.1. The molecule has 262 valence electrons. The maximum atomic E-state index is 14.0. The minimum Gasteiger partial charge on any atom is -0.410 e. The first-order chi connectivity index (χ1) is 25.2. The second kappa shape index (κ2) is 16.2. The van der Waals surface area contributed by atoms with Gasteiger partial charge in [0, 0.05) is 32.0 Å². The summed E-state index contributed by atoms with van der Waals surface area (Å²) in [4.78, 5) is 41.3. The second-order valence-electron chi connectivity index (χ2n) is 13.0. The van der Waals surface area contributed by atoms with E-state index >= 15 is 0 Å². The molecule has 1 unspecified atom stereocenters. The maximum absolute atomic E-state index is 14.0. The van der Waals surface area contributed by atoms with E-state index in [2.05, 4.69) is 16.7 Å². The van der Waals surface area contributed by atoms with Gasteiger partial charge in [0.2, 0.25) is 11.8 Å². The molecule has 1 aliphatic heterocycles. The van der Waals surface area contributed by atoms with Crippen LogP contribution in [0.25, 0.3) is 22.3 Å². The molecule has 0 radical (unpaired) electrons. The summed E-state index contributed by atoms with van der Waals surface area (Å²) in [6, 6.07) is 39.9. The Morgan fingerprint density at radius 3 is 1.90 bits per heavy atom. The Bertz CT molecular complexity index is 2040. The van der Waals surface area contributed by atoms with Gasteiger partial charge in [-0.25, -0.2) is 9.18 Å². The number of hydrogen-bond donors (Lipinski definition) is 2. The lowest BCUT2D eigenvalue weighted by atomic mass is 9.70. The zero-order chi connectivity index (χ0) is 36.5. The van der Waals surface area contributed by atoms with E-state index in [4.69, 9.17) is 10.00 Å². The normalized spacial score (nSPS) is 14.1. The zero-order valence-electron chi connectivity index (χ0n) is 28.8. The van der Waals surface area contributed by atoms with Gasteiger partial charge in [0.1, 0.15) is 11.6 Å². The highest BCUT2D eigenvalue weighted by atomic mass is 19.1. The number of benzene rings is 5. The smallest absolute Gasteiger partial charge is 0.410 e. The molecule has 0 saturated carbocycles. The molecule has 3 amide bonds. The summed E-state index contributed by atoms with van der Waals surface area (Å²) >= 11 is 0. The maximum Gasteiger partial charge on any atom is 0.415 e. The molecule has 8 nitrogen and oxygen atoms in total. The lowest BCUT2D eigenvalue weighted by molar-refractivity contribution is -0.124. The van der Waals surface area contributed by atoms with Gasteiger partial charge in [0.15, 0.2) is 0 Å². The number of amides is 3. The molecule has 0 spiro atoms. The van der Waals surface area contributed by atoms with Crippen molar-refractivity contribution in [3.63, 3.8) is 0 Å². The van der Waals surface area contributed by atoms with E-state index < -0.39 is 17.6 Å². The molecule has 0 aliphatic carbocycles. The summed E-state index contributed by atoms with van der Waals surface area (Å²) in [5, 5.41) is 14.8. The van der Waals surface area contributed by atoms with E-state index in [1.54, 1.807) is 48.3 Å². The summed E-state index contributed by atoms with van der Waals surface area (Å²) < 4.78 is 19.7. The Hall–Kier alpha value is -6.27. The largest absolute Gasteiger partial charge is 0.415 e. The van der Waals surface area contributed by atoms with Crippen LogP contribution in [-0.4, -0.2) is 42.9 Å². The van der Waals surface area contributed by atoms with Crippen molar-refractivity contribution in [2.45, 2.75) is 37.1 Å². The molecule has 1 saturated heterocycles. The highest BCUT2D eigenvalue weighted by Crippen LogP contribution is 2.39. The molecule has 2 N–H and O–H groups in total. The lowest BCUT2D eigenvalue weighted by Crippen LogP contribution is -2.48. The molecule has 1 heterocycles. The minimum atomic E-state index is -0.675. The fourth-order valence-corrected chi connectivity index (χ4v) is 6.74. The molecule has 1 aliphatic rings. The lowest BCUT2D eigenvalue weighted by Gasteiger charge is -2.41. The van der Waals surface area contributed by atoms with Crippen molar-refractivity contribution in [2.24, 2.45) is 0 Å². The number of rotatable bonds is 10. The fraction of sp³-hybridized carbons (Fsp3) is 0.209. The Labute approximate surface area is 302 Å². The van der Waals surface area contributed by atoms with Crippen LogP contribution in [0.3, 0.4) is 0 Å². The standard InChI is InChI=1S/C43H39FN4O4/c1-46-40(49)27-39(35-13-11-33(12-14-35)31-5-3-2-4-6-31)47-41(50)28-43(36-17-19-37(44)20-18-36)23-25-48(26-24-43)42(51)52-38-21-15-34(16-22-38)32-9-7-30(29-45)8-10-32/h2-22,39H,23-28H2,1H3,(H,46,49)(H,47,50). The fourth-order valence-electron chi connectivity index (χ4n) is 6.74. The van der Waals surface area contributed by atoms with Gasteiger partial charge in [-0.3, -0.25) is 9.59 Å². The van der Waals surface area contributed by atoms with Gasteiger partial charge in [0.25, 0.3) is 0 Å². The molecular weight excluding hydrogens is 655 g/mol. The van der Waals surface area contributed by atoms with Crippen molar-refractivity contribution in [3.8, 4) is 34.1 Å². The Morgan fingerprint density at radius 1 is 0.769 bits per heavy atom. The summed E-state index contributed by atoms with van der Waals surface area (Å²) in [6.45, 7) is 0.658. The van der Waals surface area contributed by atoms with Gasteiger partial charge in [0.05, 0.1) is 24.1 Å². The number of hydrogen-bond acceptors (Lipinski definition) is 5. The highest BCUT2D eigenvalue weighted by Gasteiger charge is 2.40. The number of nitriles is 1. The van der Waals surface area contributed by atoms with Crippen LogP contribution >= 0.6 is 0 Å². The number of likely N-dealkylation sites (tertiary alicyclic amines) is 1. The number of ether oxygens (including phenoxy) is 1. The topological polar surface area (TPSA) is 112 Å². The van der Waals surface area contributed by atoms with E-state index in [0.29, 0.717) is 37.2 Å². The van der Waals surface area contributed by atoms with Crippen LogP contribution in [0.2, 0.25) is 0 Å². The van der Waals surface area contributed by atoms with E-state index in [0.717, 1.165) is 33.4 Å². The van der Waals surface area contributed by atoms with Crippen molar-refractivity contribution in [1.82, 2.24) is 15.5 Å². The predicted molar refractivity (Wildman–Crippen MR) is 198 cm³/mol. The Morgan fingerprint density at radius 2 is 1.33 bits per heavy atom. The number of nitrogens with zero attached hydrogens (tertiary/aromatic N) is 2. The van der Waals surface area contributed by atoms with E-state index in [-0.39, 0.29) is 30.5 Å². The first kappa shape index (κ1) is 35.6. The van der Waals surface area contributed by atoms with E-state index in [1.165, 1.54) is 12.1 Å². The molecular formula is C43H39FN4O4. The van der Waals surface area contributed by atoms with Crippen LogP contribution in [0, 0.1) is 17.1 Å². The molecule has 0 aromatic heterocycles. The first-order valence-corrected chi connectivity index (χ1v) is 17.2. The van der Waals surface area contributed by atoms with Crippen LogP contribution in [-0.2, 0) is 15.0 Å². The molecule has 52 heavy (non-hydrogen) atoms. The SMILES string of the molecule is CNC(=O)CC(NC(=O)CC1(c2ccc(F)cc2)CCN(C(=O)Oc2ccc(-c3ccc(C#N)cc3)cc2)CC1)c1ccc(-c2ccccc2)cc1. The molecule has 5 aromatic rings. The molecule has 6 rings (SSSR count). The minimum absolute atomic E-state index is 0.0601. The van der Waals surface area contributed by atoms with Crippen LogP contribution in [0.4, 0.5) is 9.18 Å². The molecule has 1 fully saturated rings. The van der Waals surface area contributed by atoms with Gasteiger partial charge < -0.3 is 20.3 Å². The third-order valence-electron chi connectivity index (χ3n) is 9.76. The van der Waals surface area contributed by atoms with Crippen molar-refractivity contribution in [2.75, 3.05) is 20.1 Å². The predicted octanol–water partition coefficient (Wildman–Crippen LogP) is 7.95. The first-order valence-electron chi connectivity index (χ1n) is 17.2. The van der Waals surface area contributed by atoms with Gasteiger partial charge in [-0.2, -0.15) is 5.26 Å². The van der Waals surface area contributed by atoms with Gasteiger partial charge in [-0.15, -0.1) is 0 Å². The summed E-state index contributed by atoms with van der Waals surface area (Å²) in [5.41, 5.74) is 5.47. The van der Waals surface area contributed by atoms with Crippen LogP contribution in [0.1, 0.15) is 48.4 Å². The molecule has 5 aromatic carbocycles. The van der Waals surface area contributed by atoms with Gasteiger partial charge in [-0.1, -0.05) is 91.0 Å². The monoisotopic (exact) mass is 694 g/mol. The Balaban J connectivity index is 1.14. The molecule has 9 heteroatoms. The average Bonchev–Trinajstić information content (AvgIpc) is 3.18. The number of carbonyl (C=O) groups excluding carboxylic acids is 3. The van der Waals surface area contributed by atoms with Crippen molar-refractivity contribution in [3.05, 3.63) is 150 Å². The third kappa shape index (κ3) is 8.53. The average molecular weight is 695 g/mol. The highest BCUT2D eigenvalue weighted by molar-refractivity contribution is 5.81. The van der Waals surface area contributed by atoms with Crippen molar-refractivity contribution < 1.29 is 23.5 Å². The summed E-state index contributed by atoms with van der Waals surface area (Å²) in [7, 11) is 1.56. The van der Waals surface area contributed by atoms with Crippen molar-refractivity contribution >= 4 is 17.9 Å². The molecule has 1 atom stereocenters. The number of carbonyl (C=O) groups is 3. The quantitative estimate of drug-likeness (QED) is 0.154. The van der Waals surface area contributed by atoms with E-state index in [9.17, 15) is 18.8 Å². The molecule has 0 bridgehead atoms. The van der Waals surface area contributed by atoms with Crippen LogP contribution in [0.5, 0.6) is 5.75 Å². The summed E-state index contributed by atoms with van der Waals surface area (Å²) in [6.07, 6.45) is 0.553. The van der Waals surface area contributed by atoms with Crippen molar-refractivity contribution in [1.29, 1.82) is 5.26 Å². The second-order valence-corrected chi connectivity index (χ2v) is 13.0. The van der Waals surface area contributed by atoms with Crippen LogP contribution < -0.4 is 15.4 Å². The zero-order valence-corrected chi connectivity index (χ0v) is 28.8. The number of piperidine rings is 1. The summed E-state index contributed by atoms with van der Waals surface area (Å²) in [5.74, 6) is -0.430. The van der Waals surface area contributed by atoms with E-state index in [1.807, 2.05) is 78.9 Å².